The quantitative estimate of drug-likeness (QED) is 0.346. The van der Waals surface area contributed by atoms with E-state index in [4.69, 9.17) is 22.1 Å². The molecule has 0 heterocycles. The van der Waals surface area contributed by atoms with E-state index in [1.165, 1.54) is 12.1 Å². The molecule has 1 atom stereocenters. The predicted molar refractivity (Wildman–Crippen MR) is 95.0 cm³/mol. The summed E-state index contributed by atoms with van der Waals surface area (Å²) >= 11 is 5.79. The first-order chi connectivity index (χ1) is 12.3. The maximum atomic E-state index is 12.2. The minimum Gasteiger partial charge on any atom is -0.426 e. The monoisotopic (exact) mass is 377 g/mol. The standard InChI is InChI=1S/C17H16ClN3O5/c1-10-4-2-3-5-12(10)14(20-17(19)23)9-16(22)26-11-6-7-15(21(24)25)13(18)8-11/h2-8,14H,9H2,1H3,(H3,19,20,23). The van der Waals surface area contributed by atoms with Crippen molar-refractivity contribution in [2.75, 3.05) is 0 Å². The van der Waals surface area contributed by atoms with Gasteiger partial charge in [-0.15, -0.1) is 0 Å². The third-order valence-electron chi connectivity index (χ3n) is 3.60. The molecule has 0 saturated carbocycles. The third-order valence-corrected chi connectivity index (χ3v) is 3.90. The van der Waals surface area contributed by atoms with Gasteiger partial charge in [0.25, 0.3) is 5.69 Å². The number of nitro groups is 1. The lowest BCUT2D eigenvalue weighted by atomic mass is 9.99. The first kappa shape index (κ1) is 19.2. The van der Waals surface area contributed by atoms with Crippen LogP contribution in [0.25, 0.3) is 0 Å². The number of nitrogens with two attached hydrogens (primary N) is 1. The summed E-state index contributed by atoms with van der Waals surface area (Å²) in [4.78, 5) is 33.6. The molecule has 0 aliphatic carbocycles. The number of nitrogens with zero attached hydrogens (tertiary/aromatic N) is 1. The minimum atomic E-state index is -0.774. The molecule has 9 heteroatoms. The molecule has 3 N–H and O–H groups in total. The maximum Gasteiger partial charge on any atom is 0.313 e. The number of hydrogen-bond acceptors (Lipinski definition) is 5. The van der Waals surface area contributed by atoms with E-state index in [-0.39, 0.29) is 22.9 Å². The number of nitro benzene ring substituents is 1. The van der Waals surface area contributed by atoms with Crippen molar-refractivity contribution in [3.63, 3.8) is 0 Å². The second-order valence-electron chi connectivity index (χ2n) is 5.47. The highest BCUT2D eigenvalue weighted by atomic mass is 35.5. The van der Waals surface area contributed by atoms with E-state index in [2.05, 4.69) is 5.32 Å². The number of amides is 2. The van der Waals surface area contributed by atoms with Crippen molar-refractivity contribution in [3.8, 4) is 5.75 Å². The molecule has 0 saturated heterocycles. The Bertz CT molecular complexity index is 856. The maximum absolute atomic E-state index is 12.2. The number of esters is 1. The van der Waals surface area contributed by atoms with Crippen LogP contribution in [0.2, 0.25) is 5.02 Å². The molecule has 0 bridgehead atoms. The van der Waals surface area contributed by atoms with Crippen molar-refractivity contribution in [2.45, 2.75) is 19.4 Å². The van der Waals surface area contributed by atoms with E-state index in [9.17, 15) is 19.7 Å². The van der Waals surface area contributed by atoms with Crippen molar-refractivity contribution in [1.82, 2.24) is 5.32 Å². The van der Waals surface area contributed by atoms with E-state index in [0.717, 1.165) is 17.2 Å². The van der Waals surface area contributed by atoms with Crippen LogP contribution < -0.4 is 15.8 Å². The molecule has 26 heavy (non-hydrogen) atoms. The fraction of sp³-hybridized carbons (Fsp3) is 0.176. The van der Waals surface area contributed by atoms with Gasteiger partial charge in [0, 0.05) is 12.1 Å². The van der Waals surface area contributed by atoms with Gasteiger partial charge in [0.05, 0.1) is 17.4 Å². The zero-order valence-corrected chi connectivity index (χ0v) is 14.5. The summed E-state index contributed by atoms with van der Waals surface area (Å²) in [7, 11) is 0. The van der Waals surface area contributed by atoms with Crippen LogP contribution >= 0.6 is 11.6 Å². The third kappa shape index (κ3) is 4.93. The summed E-state index contributed by atoms with van der Waals surface area (Å²) in [5, 5.41) is 13.1. The first-order valence-corrected chi connectivity index (χ1v) is 7.92. The molecule has 2 rings (SSSR count). The first-order valence-electron chi connectivity index (χ1n) is 7.54. The van der Waals surface area contributed by atoms with E-state index >= 15 is 0 Å². The van der Waals surface area contributed by atoms with Gasteiger partial charge in [-0.2, -0.15) is 0 Å². The molecule has 0 spiro atoms. The molecule has 2 amide bonds. The molecular formula is C17H16ClN3O5. The Balaban J connectivity index is 2.15. The van der Waals surface area contributed by atoms with Crippen molar-refractivity contribution in [1.29, 1.82) is 0 Å². The van der Waals surface area contributed by atoms with E-state index < -0.39 is 23.0 Å². The van der Waals surface area contributed by atoms with Crippen molar-refractivity contribution < 1.29 is 19.2 Å². The van der Waals surface area contributed by atoms with Crippen molar-refractivity contribution in [3.05, 3.63) is 68.7 Å². The van der Waals surface area contributed by atoms with Crippen LogP contribution in [0, 0.1) is 17.0 Å². The molecule has 0 aliphatic rings. The SMILES string of the molecule is Cc1ccccc1C(CC(=O)Oc1ccc([N+](=O)[O-])c(Cl)c1)NC(N)=O. The number of hydrogen-bond donors (Lipinski definition) is 2. The van der Waals surface area contributed by atoms with E-state index in [1.54, 1.807) is 12.1 Å². The summed E-state index contributed by atoms with van der Waals surface area (Å²) < 4.78 is 5.17. The summed E-state index contributed by atoms with van der Waals surface area (Å²) in [5.74, 6) is -0.592. The van der Waals surface area contributed by atoms with Gasteiger partial charge < -0.3 is 15.8 Å². The van der Waals surface area contributed by atoms with Crippen molar-refractivity contribution >= 4 is 29.3 Å². The number of ether oxygens (including phenoxy) is 1. The molecule has 8 nitrogen and oxygen atoms in total. The highest BCUT2D eigenvalue weighted by molar-refractivity contribution is 6.32. The Kier molecular flexibility index (Phi) is 6.13. The zero-order chi connectivity index (χ0) is 19.3. The second-order valence-corrected chi connectivity index (χ2v) is 5.87. The fourth-order valence-electron chi connectivity index (χ4n) is 2.43. The lowest BCUT2D eigenvalue weighted by Crippen LogP contribution is -2.35. The van der Waals surface area contributed by atoms with Gasteiger partial charge in [0.2, 0.25) is 0 Å². The highest BCUT2D eigenvalue weighted by Crippen LogP contribution is 2.29. The Morgan fingerprint density at radius 1 is 1.31 bits per heavy atom. The summed E-state index contributed by atoms with van der Waals surface area (Å²) in [6.07, 6.45) is -0.178. The molecule has 0 aliphatic heterocycles. The molecule has 136 valence electrons. The number of carbonyl (C=O) groups excluding carboxylic acids is 2. The Labute approximate surface area is 154 Å². The lowest BCUT2D eigenvalue weighted by Gasteiger charge is -2.19. The van der Waals surface area contributed by atoms with Crippen LogP contribution in [-0.4, -0.2) is 16.9 Å². The number of nitrogens with one attached hydrogen (secondary N) is 1. The van der Waals surface area contributed by atoms with Crippen LogP contribution in [0.3, 0.4) is 0 Å². The highest BCUT2D eigenvalue weighted by Gasteiger charge is 2.21. The average molecular weight is 378 g/mol. The molecule has 2 aromatic carbocycles. The number of primary amides is 1. The Hall–Kier alpha value is -3.13. The van der Waals surface area contributed by atoms with Gasteiger partial charge in [0.15, 0.2) is 0 Å². The van der Waals surface area contributed by atoms with Crippen LogP contribution in [0.1, 0.15) is 23.6 Å². The van der Waals surface area contributed by atoms with Crippen LogP contribution in [0.15, 0.2) is 42.5 Å². The summed E-state index contributed by atoms with van der Waals surface area (Å²) in [6, 6.07) is 9.37. The van der Waals surface area contributed by atoms with Gasteiger partial charge in [-0.1, -0.05) is 35.9 Å². The zero-order valence-electron chi connectivity index (χ0n) is 13.8. The lowest BCUT2D eigenvalue weighted by molar-refractivity contribution is -0.384. The summed E-state index contributed by atoms with van der Waals surface area (Å²) in [5.41, 5.74) is 6.50. The molecular weight excluding hydrogens is 362 g/mol. The molecule has 1 unspecified atom stereocenters. The molecule has 0 fully saturated rings. The number of carbonyl (C=O) groups is 2. The minimum absolute atomic E-state index is 0.0632. The molecule has 0 radical (unpaired) electrons. The molecule has 0 aromatic heterocycles. The topological polar surface area (TPSA) is 125 Å². The number of aryl methyl sites for hydroxylation is 1. The Morgan fingerprint density at radius 3 is 2.58 bits per heavy atom. The van der Waals surface area contributed by atoms with Gasteiger partial charge in [-0.05, 0) is 24.1 Å². The van der Waals surface area contributed by atoms with Gasteiger partial charge >= 0.3 is 12.0 Å². The Morgan fingerprint density at radius 2 is 2.00 bits per heavy atom. The van der Waals surface area contributed by atoms with Gasteiger partial charge in [0.1, 0.15) is 10.8 Å². The average Bonchev–Trinajstić information content (AvgIpc) is 2.54. The number of urea groups is 1. The second kappa shape index (κ2) is 8.30. The fourth-order valence-corrected chi connectivity index (χ4v) is 2.67. The van der Waals surface area contributed by atoms with E-state index in [0.29, 0.717) is 0 Å². The van der Waals surface area contributed by atoms with Crippen molar-refractivity contribution in [2.24, 2.45) is 5.73 Å². The van der Waals surface area contributed by atoms with Gasteiger partial charge in [-0.3, -0.25) is 14.9 Å². The smallest absolute Gasteiger partial charge is 0.313 e. The normalized spacial score (nSPS) is 11.5. The number of benzene rings is 2. The van der Waals surface area contributed by atoms with Crippen LogP contribution in [0.5, 0.6) is 5.75 Å². The summed E-state index contributed by atoms with van der Waals surface area (Å²) in [6.45, 7) is 1.84. The van der Waals surface area contributed by atoms with Gasteiger partial charge in [-0.25, -0.2) is 4.79 Å². The van der Waals surface area contributed by atoms with Crippen LogP contribution in [-0.2, 0) is 4.79 Å². The van der Waals surface area contributed by atoms with Crippen LogP contribution in [0.4, 0.5) is 10.5 Å². The largest absolute Gasteiger partial charge is 0.426 e. The van der Waals surface area contributed by atoms with E-state index in [1.807, 2.05) is 19.1 Å². The number of rotatable bonds is 6. The molecule has 2 aromatic rings. The predicted octanol–water partition coefficient (Wildman–Crippen LogP) is 3.26. The number of halogens is 1.